The number of hydrogen-bond acceptors (Lipinski definition) is 1. The number of benzene rings is 4. The van der Waals surface area contributed by atoms with Crippen molar-refractivity contribution in [3.8, 4) is 22.5 Å². The molecule has 0 saturated heterocycles. The largest absolute Gasteiger partial charge is 0.310 e. The van der Waals surface area contributed by atoms with Crippen LogP contribution >= 0.6 is 0 Å². The van der Waals surface area contributed by atoms with Gasteiger partial charge in [0.15, 0.2) is 0 Å². The minimum absolute atomic E-state index is 1.03. The number of rotatable bonds is 5. The number of para-hydroxylation sites is 2. The zero-order valence-electron chi connectivity index (χ0n) is 21.8. The summed E-state index contributed by atoms with van der Waals surface area (Å²) in [6, 6.07) is 38.8. The average molecular weight is 502 g/mol. The smallest absolute Gasteiger partial charge is 0.0963 e. The van der Waals surface area contributed by atoms with Crippen molar-refractivity contribution in [2.45, 2.75) is 6.92 Å². The van der Waals surface area contributed by atoms with E-state index in [0.717, 1.165) is 22.4 Å². The van der Waals surface area contributed by atoms with E-state index in [1.54, 1.807) is 0 Å². The normalized spacial score (nSPS) is 11.7. The first kappa shape index (κ1) is 23.0. The molecule has 0 bridgehead atoms. The van der Waals surface area contributed by atoms with Gasteiger partial charge in [0, 0.05) is 34.0 Å². The standard InChI is InChI=1S/C36H27N3/c1-3-4-12-32-25(2)30-10-5-7-13-33(30)38(32)28-20-16-26(17-21-28)27-18-22-29(23-19-27)39-34-14-8-6-11-31(34)36-35(39)15-9-24-37-36/h3-24H,1H2,2H3/b12-4-. The second-order valence-electron chi connectivity index (χ2n) is 9.78. The lowest BCUT2D eigenvalue weighted by Gasteiger charge is -2.12. The molecule has 3 aromatic heterocycles. The third kappa shape index (κ3) is 3.71. The van der Waals surface area contributed by atoms with Gasteiger partial charge >= 0.3 is 0 Å². The zero-order valence-corrected chi connectivity index (χ0v) is 21.8. The number of aryl methyl sites for hydroxylation is 1. The maximum absolute atomic E-state index is 4.66. The van der Waals surface area contributed by atoms with Crippen molar-refractivity contribution in [2.75, 3.05) is 0 Å². The van der Waals surface area contributed by atoms with Crippen molar-refractivity contribution >= 4 is 38.9 Å². The van der Waals surface area contributed by atoms with E-state index in [4.69, 9.17) is 0 Å². The first-order valence-corrected chi connectivity index (χ1v) is 13.2. The van der Waals surface area contributed by atoms with Crippen LogP contribution in [0.15, 0.2) is 134 Å². The fourth-order valence-corrected chi connectivity index (χ4v) is 5.73. The van der Waals surface area contributed by atoms with Crippen molar-refractivity contribution in [1.82, 2.24) is 14.1 Å². The number of pyridine rings is 1. The molecule has 0 radical (unpaired) electrons. The molecule has 4 aromatic carbocycles. The quantitative estimate of drug-likeness (QED) is 0.216. The fraction of sp³-hybridized carbons (Fsp3) is 0.0278. The van der Waals surface area contributed by atoms with Crippen LogP contribution in [0.2, 0.25) is 0 Å². The van der Waals surface area contributed by atoms with Crippen molar-refractivity contribution in [3.63, 3.8) is 0 Å². The summed E-state index contributed by atoms with van der Waals surface area (Å²) in [6.45, 7) is 6.04. The molecule has 0 fully saturated rings. The number of fused-ring (bicyclic) bond motifs is 4. The number of nitrogens with zero attached hydrogens (tertiary/aromatic N) is 3. The average Bonchev–Trinajstić information content (AvgIpc) is 3.48. The Bertz CT molecular complexity index is 1960. The SMILES string of the molecule is C=C/C=C\c1c(C)c2ccccc2n1-c1ccc(-c2ccc(-n3c4ccccc4c4ncccc43)cc2)cc1. The van der Waals surface area contributed by atoms with Crippen LogP contribution in [0.1, 0.15) is 11.3 Å². The van der Waals surface area contributed by atoms with E-state index < -0.39 is 0 Å². The molecule has 0 atom stereocenters. The topological polar surface area (TPSA) is 22.8 Å². The predicted molar refractivity (Wildman–Crippen MR) is 165 cm³/mol. The summed E-state index contributed by atoms with van der Waals surface area (Å²) in [5.41, 5.74) is 11.6. The van der Waals surface area contributed by atoms with E-state index in [1.165, 1.54) is 44.2 Å². The molecule has 3 nitrogen and oxygen atoms in total. The van der Waals surface area contributed by atoms with Gasteiger partial charge in [0.1, 0.15) is 0 Å². The molecule has 0 N–H and O–H groups in total. The Morgan fingerprint density at radius 1 is 0.615 bits per heavy atom. The number of hydrogen-bond donors (Lipinski definition) is 0. The molecular formula is C36H27N3. The summed E-state index contributed by atoms with van der Waals surface area (Å²) >= 11 is 0. The van der Waals surface area contributed by atoms with E-state index >= 15 is 0 Å². The molecular weight excluding hydrogens is 474 g/mol. The highest BCUT2D eigenvalue weighted by molar-refractivity contribution is 6.06. The fourth-order valence-electron chi connectivity index (χ4n) is 5.73. The van der Waals surface area contributed by atoms with E-state index in [-0.39, 0.29) is 0 Å². The van der Waals surface area contributed by atoms with Gasteiger partial charge in [-0.25, -0.2) is 0 Å². The minimum Gasteiger partial charge on any atom is -0.310 e. The molecule has 0 unspecified atom stereocenters. The van der Waals surface area contributed by atoms with Crippen molar-refractivity contribution in [1.29, 1.82) is 0 Å². The summed E-state index contributed by atoms with van der Waals surface area (Å²) < 4.78 is 4.62. The molecule has 3 heterocycles. The molecule has 0 aliphatic rings. The van der Waals surface area contributed by atoms with Gasteiger partial charge in [-0.15, -0.1) is 0 Å². The molecule has 0 amide bonds. The highest BCUT2D eigenvalue weighted by Gasteiger charge is 2.14. The Kier molecular flexibility index (Phi) is 5.49. The van der Waals surface area contributed by atoms with Gasteiger partial charge < -0.3 is 9.13 Å². The first-order chi connectivity index (χ1) is 19.2. The zero-order chi connectivity index (χ0) is 26.3. The van der Waals surface area contributed by atoms with Crippen LogP contribution in [0.3, 0.4) is 0 Å². The summed E-state index contributed by atoms with van der Waals surface area (Å²) in [5, 5.41) is 2.43. The molecule has 0 saturated carbocycles. The highest BCUT2D eigenvalue weighted by atomic mass is 15.0. The van der Waals surface area contributed by atoms with Gasteiger partial charge in [-0.1, -0.05) is 79.4 Å². The predicted octanol–water partition coefficient (Wildman–Crippen LogP) is 9.30. The van der Waals surface area contributed by atoms with Crippen LogP contribution < -0.4 is 0 Å². The van der Waals surface area contributed by atoms with E-state index in [0.29, 0.717) is 0 Å². The lowest BCUT2D eigenvalue weighted by atomic mass is 10.0. The highest BCUT2D eigenvalue weighted by Crippen LogP contribution is 2.33. The second-order valence-corrected chi connectivity index (χ2v) is 9.78. The molecule has 186 valence electrons. The maximum Gasteiger partial charge on any atom is 0.0963 e. The van der Waals surface area contributed by atoms with Gasteiger partial charge in [-0.3, -0.25) is 4.98 Å². The van der Waals surface area contributed by atoms with E-state index in [9.17, 15) is 0 Å². The summed E-state index contributed by atoms with van der Waals surface area (Å²) in [7, 11) is 0. The summed E-state index contributed by atoms with van der Waals surface area (Å²) in [6.07, 6.45) is 7.83. The molecule has 39 heavy (non-hydrogen) atoms. The third-order valence-electron chi connectivity index (χ3n) is 7.58. The second kappa shape index (κ2) is 9.30. The van der Waals surface area contributed by atoms with Crippen LogP contribution in [-0.4, -0.2) is 14.1 Å². The monoisotopic (exact) mass is 501 g/mol. The molecule has 0 aliphatic heterocycles. The Balaban J connectivity index is 1.28. The Hall–Kier alpha value is -5.15. The molecule has 7 rings (SSSR count). The van der Waals surface area contributed by atoms with Crippen molar-refractivity contribution in [3.05, 3.63) is 145 Å². The molecule has 7 aromatic rings. The molecule has 0 spiro atoms. The Labute approximate surface area is 227 Å². The Morgan fingerprint density at radius 3 is 1.85 bits per heavy atom. The third-order valence-corrected chi connectivity index (χ3v) is 7.58. The van der Waals surface area contributed by atoms with Gasteiger partial charge in [0.05, 0.1) is 22.1 Å². The first-order valence-electron chi connectivity index (χ1n) is 13.2. The lowest BCUT2D eigenvalue weighted by molar-refractivity contribution is 1.10. The molecule has 0 aliphatic carbocycles. The van der Waals surface area contributed by atoms with Gasteiger partial charge in [0.25, 0.3) is 0 Å². The Morgan fingerprint density at radius 2 is 1.18 bits per heavy atom. The van der Waals surface area contributed by atoms with Crippen LogP contribution in [-0.2, 0) is 0 Å². The summed E-state index contributed by atoms with van der Waals surface area (Å²) in [5.74, 6) is 0. The van der Waals surface area contributed by atoms with Gasteiger partial charge in [-0.05, 0) is 78.2 Å². The van der Waals surface area contributed by atoms with Gasteiger partial charge in [-0.2, -0.15) is 0 Å². The minimum atomic E-state index is 1.03. The number of aromatic nitrogens is 3. The van der Waals surface area contributed by atoms with Crippen molar-refractivity contribution in [2.24, 2.45) is 0 Å². The van der Waals surface area contributed by atoms with Crippen molar-refractivity contribution < 1.29 is 0 Å². The van der Waals surface area contributed by atoms with Crippen LogP contribution in [0.5, 0.6) is 0 Å². The van der Waals surface area contributed by atoms with Crippen LogP contribution in [0, 0.1) is 6.92 Å². The van der Waals surface area contributed by atoms with Gasteiger partial charge in [0.2, 0.25) is 0 Å². The van der Waals surface area contributed by atoms with Crippen LogP contribution in [0.25, 0.3) is 61.4 Å². The van der Waals surface area contributed by atoms with Crippen LogP contribution in [0.4, 0.5) is 0 Å². The maximum atomic E-state index is 4.66. The number of allylic oxidation sites excluding steroid dienone is 2. The lowest BCUT2D eigenvalue weighted by Crippen LogP contribution is -1.97. The van der Waals surface area contributed by atoms with E-state index in [2.05, 4.69) is 137 Å². The van der Waals surface area contributed by atoms with E-state index in [1.807, 2.05) is 24.4 Å². The molecule has 3 heteroatoms. The summed E-state index contributed by atoms with van der Waals surface area (Å²) in [4.78, 5) is 4.66.